The number of rotatable bonds is 13. The predicted molar refractivity (Wildman–Crippen MR) is 141 cm³/mol. The molecule has 0 radical (unpaired) electrons. The summed E-state index contributed by atoms with van der Waals surface area (Å²) in [7, 11) is 0. The average molecular weight is 483 g/mol. The van der Waals surface area contributed by atoms with Crippen LogP contribution in [0.3, 0.4) is 0 Å². The van der Waals surface area contributed by atoms with E-state index in [0.717, 1.165) is 36.0 Å². The van der Waals surface area contributed by atoms with Crippen LogP contribution in [0.25, 0.3) is 0 Å². The van der Waals surface area contributed by atoms with Gasteiger partial charge in [-0.2, -0.15) is 5.10 Å². The van der Waals surface area contributed by atoms with Crippen molar-refractivity contribution in [3.8, 4) is 0 Å². The molecule has 0 amide bonds. The summed E-state index contributed by atoms with van der Waals surface area (Å²) in [5, 5.41) is 21.9. The summed E-state index contributed by atoms with van der Waals surface area (Å²) in [5.74, 6) is 4.25. The molecule has 0 spiro atoms. The highest BCUT2D eigenvalue weighted by molar-refractivity contribution is 5.93. The van der Waals surface area contributed by atoms with Crippen LogP contribution in [0.1, 0.15) is 83.7 Å². The summed E-state index contributed by atoms with van der Waals surface area (Å²) >= 11 is 0. The Morgan fingerprint density at radius 2 is 2.17 bits per heavy atom. The zero-order valence-electron chi connectivity index (χ0n) is 21.4. The van der Waals surface area contributed by atoms with E-state index in [9.17, 15) is 0 Å². The van der Waals surface area contributed by atoms with E-state index in [4.69, 9.17) is 10.6 Å². The quantitative estimate of drug-likeness (QED) is 0.213. The highest BCUT2D eigenvalue weighted by atomic mass is 16.6. The molecule has 35 heavy (non-hydrogen) atoms. The van der Waals surface area contributed by atoms with Gasteiger partial charge in [-0.25, -0.2) is 4.99 Å². The molecule has 192 valence electrons. The predicted octanol–water partition coefficient (Wildman–Crippen LogP) is 4.13. The van der Waals surface area contributed by atoms with Crippen molar-refractivity contribution in [3.63, 3.8) is 0 Å². The Morgan fingerprint density at radius 3 is 2.89 bits per heavy atom. The molecule has 6 N–H and O–H groups in total. The molecular formula is C26H42N8O. The van der Waals surface area contributed by atoms with Gasteiger partial charge in [0.25, 0.3) is 0 Å². The van der Waals surface area contributed by atoms with Crippen molar-refractivity contribution in [1.82, 2.24) is 26.1 Å². The van der Waals surface area contributed by atoms with Crippen LogP contribution in [0.4, 0.5) is 5.82 Å². The number of hydrogen-bond donors (Lipinski definition) is 5. The van der Waals surface area contributed by atoms with Gasteiger partial charge < -0.3 is 26.5 Å². The number of aromatic nitrogens is 2. The van der Waals surface area contributed by atoms with E-state index in [-0.39, 0.29) is 6.10 Å². The molecule has 2 saturated carbocycles. The minimum atomic E-state index is 0.0166. The maximum absolute atomic E-state index is 6.30. The van der Waals surface area contributed by atoms with Crippen molar-refractivity contribution in [2.45, 2.75) is 90.2 Å². The molecule has 2 heterocycles. The van der Waals surface area contributed by atoms with Crippen LogP contribution in [0.15, 0.2) is 40.5 Å². The van der Waals surface area contributed by atoms with E-state index in [2.05, 4.69) is 63.6 Å². The Morgan fingerprint density at radius 1 is 1.34 bits per heavy atom. The third-order valence-corrected chi connectivity index (χ3v) is 6.99. The van der Waals surface area contributed by atoms with Crippen LogP contribution >= 0.6 is 0 Å². The van der Waals surface area contributed by atoms with Gasteiger partial charge in [-0.05, 0) is 43.9 Å². The molecule has 4 rings (SSSR count). The smallest absolute Gasteiger partial charge is 0.175 e. The van der Waals surface area contributed by atoms with Gasteiger partial charge in [-0.1, -0.05) is 45.3 Å². The van der Waals surface area contributed by atoms with Crippen molar-refractivity contribution < 1.29 is 4.84 Å². The number of nitrogens with two attached hydrogens (primary N) is 1. The lowest BCUT2D eigenvalue weighted by Crippen LogP contribution is -2.39. The zero-order valence-corrected chi connectivity index (χ0v) is 21.4. The lowest BCUT2D eigenvalue weighted by molar-refractivity contribution is 0.0866. The van der Waals surface area contributed by atoms with Crippen LogP contribution in [-0.2, 0) is 4.84 Å². The number of oxime groups is 1. The number of H-pyrrole nitrogens is 1. The Kier molecular flexibility index (Phi) is 8.36. The third-order valence-electron chi connectivity index (χ3n) is 6.99. The van der Waals surface area contributed by atoms with Gasteiger partial charge in [0.2, 0.25) is 0 Å². The van der Waals surface area contributed by atoms with Crippen molar-refractivity contribution in [2.24, 2.45) is 27.7 Å². The summed E-state index contributed by atoms with van der Waals surface area (Å²) in [6.45, 7) is 11.3. The maximum atomic E-state index is 6.30. The number of hydrogen-bond acceptors (Lipinski definition) is 7. The first-order valence-electron chi connectivity index (χ1n) is 13.2. The van der Waals surface area contributed by atoms with Gasteiger partial charge in [0.05, 0.1) is 18.1 Å². The van der Waals surface area contributed by atoms with E-state index in [0.29, 0.717) is 41.9 Å². The molecule has 0 aromatic carbocycles. The molecular weight excluding hydrogens is 440 g/mol. The fraction of sp³-hybridized carbons (Fsp3) is 0.654. The van der Waals surface area contributed by atoms with Crippen molar-refractivity contribution in [1.29, 1.82) is 0 Å². The lowest BCUT2D eigenvalue weighted by atomic mass is 10.0. The highest BCUT2D eigenvalue weighted by Crippen LogP contribution is 2.39. The molecule has 9 nitrogen and oxygen atoms in total. The minimum Gasteiger partial charge on any atom is -0.390 e. The fourth-order valence-corrected chi connectivity index (χ4v) is 4.85. The van der Waals surface area contributed by atoms with Crippen molar-refractivity contribution in [3.05, 3.63) is 36.1 Å². The topological polar surface area (TPSA) is 125 Å². The number of aromatic amines is 1. The van der Waals surface area contributed by atoms with Crippen LogP contribution < -0.4 is 21.7 Å². The Labute approximate surface area is 209 Å². The molecule has 3 aliphatic rings. The zero-order chi connectivity index (χ0) is 24.8. The maximum Gasteiger partial charge on any atom is 0.175 e. The second-order valence-corrected chi connectivity index (χ2v) is 10.5. The molecule has 0 saturated heterocycles. The monoisotopic (exact) mass is 482 g/mol. The van der Waals surface area contributed by atoms with Crippen LogP contribution in [0, 0.1) is 11.8 Å². The number of aliphatic imine (C=N–C) groups is 1. The third kappa shape index (κ3) is 7.50. The first-order valence-corrected chi connectivity index (χ1v) is 13.2. The Hall–Kier alpha value is -2.97. The molecule has 0 bridgehead atoms. The summed E-state index contributed by atoms with van der Waals surface area (Å²) in [6.07, 6.45) is 11.2. The molecule has 3 unspecified atom stereocenters. The molecule has 1 aromatic rings. The number of amidine groups is 1. The van der Waals surface area contributed by atoms with E-state index < -0.39 is 0 Å². The second-order valence-electron chi connectivity index (χ2n) is 10.5. The van der Waals surface area contributed by atoms with Gasteiger partial charge in [-0.15, -0.1) is 0 Å². The van der Waals surface area contributed by atoms with Crippen molar-refractivity contribution in [2.75, 3.05) is 6.54 Å². The molecule has 2 fully saturated rings. The summed E-state index contributed by atoms with van der Waals surface area (Å²) in [5.41, 5.74) is 8.55. The molecule has 1 aliphatic heterocycles. The SMILES string of the molecule is C=C(NCC1CC(C(C)C)=NO1)NC(=CC(N)=Nc1cc(C2CC2)[nH]n1)NC1CCC(CCC)C1. The van der Waals surface area contributed by atoms with Crippen LogP contribution in [-0.4, -0.2) is 40.4 Å². The van der Waals surface area contributed by atoms with E-state index in [1.807, 2.05) is 12.1 Å². The standard InChI is InChI=1S/C26H42N8O/c1-5-6-18-7-10-20(11-18)30-25(14-24(27)31-26-13-23(32-33-26)19-8-9-19)29-17(4)28-15-21-12-22(16(2)3)34-35-21/h13-14,16,18-21,28-30H,4-12,15H2,1-3H3,(H3,27,31,32,33). The minimum absolute atomic E-state index is 0.0166. The molecule has 3 atom stereocenters. The second kappa shape index (κ2) is 11.6. The molecule has 2 aliphatic carbocycles. The Bertz CT molecular complexity index is 958. The Balaban J connectivity index is 1.36. The van der Waals surface area contributed by atoms with Crippen LogP contribution in [0.2, 0.25) is 0 Å². The van der Waals surface area contributed by atoms with Gasteiger partial charge in [0.1, 0.15) is 17.8 Å². The normalized spacial score (nSPS) is 24.9. The van der Waals surface area contributed by atoms with Gasteiger partial charge in [-0.3, -0.25) is 5.10 Å². The first-order chi connectivity index (χ1) is 16.9. The number of nitrogens with zero attached hydrogens (tertiary/aromatic N) is 3. The summed E-state index contributed by atoms with van der Waals surface area (Å²) in [4.78, 5) is 10.1. The van der Waals surface area contributed by atoms with Gasteiger partial charge >= 0.3 is 0 Å². The fourth-order valence-electron chi connectivity index (χ4n) is 4.85. The van der Waals surface area contributed by atoms with Gasteiger partial charge in [0.15, 0.2) is 5.82 Å². The van der Waals surface area contributed by atoms with E-state index in [1.54, 1.807) is 0 Å². The largest absolute Gasteiger partial charge is 0.390 e. The molecule has 1 aromatic heterocycles. The van der Waals surface area contributed by atoms with Gasteiger partial charge in [0, 0.05) is 36.2 Å². The van der Waals surface area contributed by atoms with Crippen molar-refractivity contribution >= 4 is 17.4 Å². The summed E-state index contributed by atoms with van der Waals surface area (Å²) in [6, 6.07) is 2.39. The van der Waals surface area contributed by atoms with Crippen LogP contribution in [0.5, 0.6) is 0 Å². The average Bonchev–Trinajstić information content (AvgIpc) is 3.18. The van der Waals surface area contributed by atoms with E-state index in [1.165, 1.54) is 38.5 Å². The molecule has 9 heteroatoms. The number of nitrogens with one attached hydrogen (secondary N) is 4. The summed E-state index contributed by atoms with van der Waals surface area (Å²) < 4.78 is 0. The van der Waals surface area contributed by atoms with E-state index >= 15 is 0 Å². The lowest BCUT2D eigenvalue weighted by Gasteiger charge is -2.21. The highest BCUT2D eigenvalue weighted by Gasteiger charge is 2.26. The first kappa shape index (κ1) is 25.1.